The number of hydrogen-bond donors (Lipinski definition) is 3. The Hall–Kier alpha value is -2.04. The quantitative estimate of drug-likeness (QED) is 0.237. The number of hydrogen-bond acceptors (Lipinski definition) is 6. The topological polar surface area (TPSA) is 99.1 Å². The third-order valence-corrected chi connectivity index (χ3v) is 6.06. The van der Waals surface area contributed by atoms with Crippen LogP contribution in [0, 0.1) is 6.92 Å². The van der Waals surface area contributed by atoms with Gasteiger partial charge in [-0.05, 0) is 50.4 Å². The van der Waals surface area contributed by atoms with Crippen LogP contribution >= 0.6 is 47.8 Å². The second-order valence-electron chi connectivity index (χ2n) is 5.74. The average Bonchev–Trinajstić information content (AvgIpc) is 3.02. The van der Waals surface area contributed by atoms with Gasteiger partial charge in [-0.1, -0.05) is 34.1 Å². The van der Waals surface area contributed by atoms with Crippen molar-refractivity contribution in [1.29, 1.82) is 0 Å². The number of anilines is 1. The van der Waals surface area contributed by atoms with Crippen LogP contribution in [-0.2, 0) is 0 Å². The molecular weight excluding hydrogens is 544 g/mol. The molecule has 0 bridgehead atoms. The highest BCUT2D eigenvalue weighted by Crippen LogP contribution is 2.38. The first-order valence-electron chi connectivity index (χ1n) is 7.73. The Morgan fingerprint density at radius 2 is 2.00 bits per heavy atom. The zero-order chi connectivity index (χ0) is 19.1. The van der Waals surface area contributed by atoms with Gasteiger partial charge >= 0.3 is 0 Å². The van der Waals surface area contributed by atoms with Crippen molar-refractivity contribution in [3.8, 4) is 5.75 Å². The number of aryl methyl sites for hydroxylation is 1. The highest BCUT2D eigenvalue weighted by Gasteiger charge is 2.12. The van der Waals surface area contributed by atoms with Gasteiger partial charge in [-0.15, -0.1) is 10.2 Å². The molecule has 4 aromatic rings. The van der Waals surface area contributed by atoms with Gasteiger partial charge in [0, 0.05) is 15.4 Å². The Morgan fingerprint density at radius 3 is 2.81 bits per heavy atom. The van der Waals surface area contributed by atoms with Crippen LogP contribution in [0.15, 0.2) is 42.8 Å². The summed E-state index contributed by atoms with van der Waals surface area (Å²) in [5.41, 5.74) is 6.89. The largest absolute Gasteiger partial charge is 0.506 e. The van der Waals surface area contributed by atoms with E-state index >= 15 is 0 Å². The first-order valence-corrected chi connectivity index (χ1v) is 10.1. The van der Waals surface area contributed by atoms with Crippen LogP contribution in [0.5, 0.6) is 5.75 Å². The molecule has 3 N–H and O–H groups in total. The lowest BCUT2D eigenvalue weighted by atomic mass is 10.1. The number of hydrazone groups is 1. The van der Waals surface area contributed by atoms with E-state index in [1.807, 2.05) is 25.1 Å². The van der Waals surface area contributed by atoms with Crippen LogP contribution in [0.1, 0.15) is 11.1 Å². The number of aromatic hydroxyl groups is 1. The predicted molar refractivity (Wildman–Crippen MR) is 116 cm³/mol. The number of phenols is 1. The third-order valence-electron chi connectivity index (χ3n) is 4.00. The van der Waals surface area contributed by atoms with E-state index in [1.165, 1.54) is 0 Å². The summed E-state index contributed by atoms with van der Waals surface area (Å²) in [5, 5.41) is 23.5. The molecule has 0 amide bonds. The molecule has 0 aliphatic heterocycles. The summed E-state index contributed by atoms with van der Waals surface area (Å²) in [6.45, 7) is 2.03. The molecule has 0 atom stereocenters. The molecule has 0 unspecified atom stereocenters. The van der Waals surface area contributed by atoms with Gasteiger partial charge < -0.3 is 10.1 Å². The molecule has 2 aromatic carbocycles. The summed E-state index contributed by atoms with van der Waals surface area (Å²) in [4.78, 5) is 7.69. The molecule has 0 fully saturated rings. The Labute approximate surface area is 178 Å². The van der Waals surface area contributed by atoms with Crippen molar-refractivity contribution in [2.75, 3.05) is 5.43 Å². The lowest BCUT2D eigenvalue weighted by Crippen LogP contribution is -1.99. The Balaban J connectivity index is 1.65. The van der Waals surface area contributed by atoms with Crippen LogP contribution in [0.2, 0.25) is 0 Å². The summed E-state index contributed by atoms with van der Waals surface area (Å²) in [6.07, 6.45) is 1.54. The maximum atomic E-state index is 10.0. The number of phenolic OH excluding ortho intramolecular Hbond substituents is 1. The number of fused-ring (bicyclic) bond motifs is 3. The summed E-state index contributed by atoms with van der Waals surface area (Å²) < 4.78 is 1.83. The fourth-order valence-corrected chi connectivity index (χ4v) is 4.98. The molecule has 2 aromatic heterocycles. The van der Waals surface area contributed by atoms with E-state index in [0.717, 1.165) is 20.9 Å². The van der Waals surface area contributed by atoms with Crippen LogP contribution in [0.3, 0.4) is 0 Å². The molecule has 0 saturated heterocycles. The van der Waals surface area contributed by atoms with Crippen molar-refractivity contribution >= 4 is 82.0 Å². The zero-order valence-corrected chi connectivity index (χ0v) is 18.5. The van der Waals surface area contributed by atoms with Gasteiger partial charge in [-0.25, -0.2) is 5.43 Å². The molecule has 7 nitrogen and oxygen atoms in total. The third kappa shape index (κ3) is 3.32. The SMILES string of the molecule is Cc1cccc2c1[nH]c1nc(N/N=C/c3c(Br)cc(Br)c(O)c3Br)nnc12. The van der Waals surface area contributed by atoms with Crippen LogP contribution < -0.4 is 5.43 Å². The molecule has 27 heavy (non-hydrogen) atoms. The molecular formula is C17H11Br3N6O. The maximum Gasteiger partial charge on any atom is 0.265 e. The van der Waals surface area contributed by atoms with E-state index in [2.05, 4.69) is 78.5 Å². The minimum atomic E-state index is 0.0902. The van der Waals surface area contributed by atoms with E-state index in [1.54, 1.807) is 12.3 Å². The van der Waals surface area contributed by atoms with Crippen molar-refractivity contribution in [3.05, 3.63) is 48.8 Å². The first kappa shape index (κ1) is 18.3. The zero-order valence-electron chi connectivity index (χ0n) is 13.8. The van der Waals surface area contributed by atoms with E-state index in [-0.39, 0.29) is 11.7 Å². The summed E-state index contributed by atoms with van der Waals surface area (Å²) in [6, 6.07) is 7.72. The van der Waals surface area contributed by atoms with Crippen LogP contribution in [0.25, 0.3) is 22.1 Å². The number of nitrogens with one attached hydrogen (secondary N) is 2. The second kappa shape index (κ2) is 7.17. The number of aromatic nitrogens is 4. The van der Waals surface area contributed by atoms with E-state index < -0.39 is 0 Å². The molecule has 2 heterocycles. The van der Waals surface area contributed by atoms with Crippen molar-refractivity contribution in [1.82, 2.24) is 20.2 Å². The molecule has 4 rings (SSSR count). The number of H-pyrrole nitrogens is 1. The molecule has 10 heteroatoms. The van der Waals surface area contributed by atoms with Gasteiger partial charge in [0.1, 0.15) is 11.3 Å². The van der Waals surface area contributed by atoms with Gasteiger partial charge in [-0.2, -0.15) is 10.1 Å². The predicted octanol–water partition coefficient (Wildman–Crippen LogP) is 5.25. The minimum absolute atomic E-state index is 0.0902. The van der Waals surface area contributed by atoms with E-state index in [0.29, 0.717) is 25.7 Å². The minimum Gasteiger partial charge on any atom is -0.506 e. The number of rotatable bonds is 3. The van der Waals surface area contributed by atoms with Gasteiger partial charge in [0.05, 0.1) is 20.7 Å². The monoisotopic (exact) mass is 552 g/mol. The number of para-hydroxylation sites is 1. The summed E-state index contributed by atoms with van der Waals surface area (Å²) in [7, 11) is 0. The average molecular weight is 555 g/mol. The lowest BCUT2D eigenvalue weighted by Gasteiger charge is -2.06. The molecule has 0 spiro atoms. The number of aromatic amines is 1. The fourth-order valence-electron chi connectivity index (χ4n) is 2.66. The molecule has 0 radical (unpaired) electrons. The number of nitrogens with zero attached hydrogens (tertiary/aromatic N) is 4. The van der Waals surface area contributed by atoms with Crippen molar-refractivity contribution in [2.24, 2.45) is 5.10 Å². The normalized spacial score (nSPS) is 11.7. The van der Waals surface area contributed by atoms with E-state index in [9.17, 15) is 5.11 Å². The summed E-state index contributed by atoms with van der Waals surface area (Å²) in [5.74, 6) is 0.351. The molecule has 0 saturated carbocycles. The van der Waals surface area contributed by atoms with Gasteiger partial charge in [0.25, 0.3) is 5.95 Å². The van der Waals surface area contributed by atoms with E-state index in [4.69, 9.17) is 0 Å². The number of halogens is 3. The first-order chi connectivity index (χ1) is 13.0. The van der Waals surface area contributed by atoms with Crippen LogP contribution in [0.4, 0.5) is 5.95 Å². The maximum absolute atomic E-state index is 10.0. The highest BCUT2D eigenvalue weighted by atomic mass is 79.9. The molecule has 136 valence electrons. The lowest BCUT2D eigenvalue weighted by molar-refractivity contribution is 0.468. The fraction of sp³-hybridized carbons (Fsp3) is 0.0588. The Bertz CT molecular complexity index is 1220. The van der Waals surface area contributed by atoms with Gasteiger partial charge in [-0.3, -0.25) is 0 Å². The molecule has 0 aliphatic carbocycles. The Kier molecular flexibility index (Phi) is 4.87. The Morgan fingerprint density at radius 1 is 1.19 bits per heavy atom. The van der Waals surface area contributed by atoms with Crippen molar-refractivity contribution in [2.45, 2.75) is 6.92 Å². The number of benzene rings is 2. The highest BCUT2D eigenvalue weighted by molar-refractivity contribution is 9.11. The van der Waals surface area contributed by atoms with Crippen molar-refractivity contribution in [3.63, 3.8) is 0 Å². The van der Waals surface area contributed by atoms with Crippen molar-refractivity contribution < 1.29 is 5.11 Å². The van der Waals surface area contributed by atoms with Crippen LogP contribution in [-0.4, -0.2) is 31.5 Å². The second-order valence-corrected chi connectivity index (χ2v) is 8.24. The van der Waals surface area contributed by atoms with Gasteiger partial charge in [0.15, 0.2) is 5.65 Å². The van der Waals surface area contributed by atoms with Gasteiger partial charge in [0.2, 0.25) is 0 Å². The molecule has 0 aliphatic rings. The smallest absolute Gasteiger partial charge is 0.265 e. The summed E-state index contributed by atoms with van der Waals surface area (Å²) >= 11 is 10.1. The standard InChI is InChI=1S/C17H11Br3N6O/c1-7-3-2-4-8-13(7)22-16-14(8)24-26-17(23-16)25-21-6-9-10(18)5-11(19)15(27)12(9)20/h2-6,27H,1H3,(H2,22,23,25,26)/b21-6+.